The highest BCUT2D eigenvalue weighted by Crippen LogP contribution is 2.19. The Morgan fingerprint density at radius 1 is 1.28 bits per heavy atom. The third-order valence-electron chi connectivity index (χ3n) is 3.06. The highest BCUT2D eigenvalue weighted by atomic mass is 79.9. The second kappa shape index (κ2) is 8.64. The number of likely N-dealkylation sites (N-methyl/N-ethyl adjacent to an activating group) is 1. The summed E-state index contributed by atoms with van der Waals surface area (Å²) in [5, 5.41) is 0. The average Bonchev–Trinajstić information content (AvgIpc) is 2.40. The maximum Gasteiger partial charge on any atom is 0.0728 e. The van der Waals surface area contributed by atoms with Crippen LogP contribution in [-0.2, 0) is 17.9 Å². The Balaban J connectivity index is 2.35. The van der Waals surface area contributed by atoms with E-state index in [1.54, 1.807) is 0 Å². The van der Waals surface area contributed by atoms with Gasteiger partial charge in [0.15, 0.2) is 0 Å². The van der Waals surface area contributed by atoms with Crippen LogP contribution in [0, 0.1) is 0 Å². The zero-order valence-corrected chi connectivity index (χ0v) is 12.9. The first kappa shape index (κ1) is 15.6. The molecule has 102 valence electrons. The van der Waals surface area contributed by atoms with Crippen LogP contribution >= 0.6 is 15.9 Å². The molecule has 0 fully saturated rings. The monoisotopic (exact) mass is 314 g/mol. The van der Waals surface area contributed by atoms with Gasteiger partial charge in [0.2, 0.25) is 0 Å². The fraction of sp³-hybridized carbons (Fsp3) is 0.571. The van der Waals surface area contributed by atoms with Crippen LogP contribution < -0.4 is 5.73 Å². The molecule has 0 heterocycles. The predicted octanol–water partition coefficient (Wildman–Crippen LogP) is 2.77. The van der Waals surface area contributed by atoms with Crippen molar-refractivity contribution in [2.75, 3.05) is 26.2 Å². The summed E-state index contributed by atoms with van der Waals surface area (Å²) in [7, 11) is 0. The first-order chi connectivity index (χ1) is 8.71. The Kier molecular flexibility index (Phi) is 7.51. The van der Waals surface area contributed by atoms with Crippen LogP contribution in [0.1, 0.15) is 25.0 Å². The molecule has 0 saturated heterocycles. The van der Waals surface area contributed by atoms with Gasteiger partial charge in [-0.15, -0.1) is 0 Å². The summed E-state index contributed by atoms with van der Waals surface area (Å²) in [6.07, 6.45) is 0. The average molecular weight is 315 g/mol. The number of hydrogen-bond acceptors (Lipinski definition) is 3. The van der Waals surface area contributed by atoms with E-state index in [2.05, 4.69) is 46.8 Å². The lowest BCUT2D eigenvalue weighted by Gasteiger charge is -2.17. The van der Waals surface area contributed by atoms with Crippen LogP contribution in [0.25, 0.3) is 0 Å². The topological polar surface area (TPSA) is 38.5 Å². The minimum atomic E-state index is 0.571. The molecule has 0 amide bonds. The largest absolute Gasteiger partial charge is 0.375 e. The summed E-state index contributed by atoms with van der Waals surface area (Å²) < 4.78 is 6.78. The molecular weight excluding hydrogens is 292 g/mol. The molecule has 0 atom stereocenters. The Labute approximate surface area is 118 Å². The lowest BCUT2D eigenvalue weighted by molar-refractivity contribution is 0.0953. The second-order valence-electron chi connectivity index (χ2n) is 4.21. The molecule has 2 N–H and O–H groups in total. The summed E-state index contributed by atoms with van der Waals surface area (Å²) >= 11 is 3.55. The summed E-state index contributed by atoms with van der Waals surface area (Å²) in [6.45, 7) is 9.48. The van der Waals surface area contributed by atoms with Crippen LogP contribution in [0.5, 0.6) is 0 Å². The van der Waals surface area contributed by atoms with Crippen molar-refractivity contribution in [3.63, 3.8) is 0 Å². The maximum absolute atomic E-state index is 5.71. The molecule has 1 aromatic carbocycles. The van der Waals surface area contributed by atoms with E-state index in [0.717, 1.165) is 36.3 Å². The summed E-state index contributed by atoms with van der Waals surface area (Å²) in [5.74, 6) is 0. The van der Waals surface area contributed by atoms with Gasteiger partial charge in [-0.1, -0.05) is 41.9 Å². The fourth-order valence-corrected chi connectivity index (χ4v) is 2.29. The lowest BCUT2D eigenvalue weighted by atomic mass is 10.1. The molecule has 0 radical (unpaired) electrons. The standard InChI is InChI=1S/C14H23BrN2O/c1-3-17(4-2)7-8-18-11-13-6-5-12(10-16)9-14(13)15/h5-6,9H,3-4,7-8,10-11,16H2,1-2H3. The van der Waals surface area contributed by atoms with Gasteiger partial charge in [-0.3, -0.25) is 0 Å². The van der Waals surface area contributed by atoms with Crippen LogP contribution in [0.2, 0.25) is 0 Å². The summed E-state index contributed by atoms with van der Waals surface area (Å²) in [5.41, 5.74) is 7.90. The number of halogens is 1. The molecule has 0 bridgehead atoms. The Hall–Kier alpha value is -0.420. The van der Waals surface area contributed by atoms with Gasteiger partial charge in [0.25, 0.3) is 0 Å². The predicted molar refractivity (Wildman–Crippen MR) is 79.5 cm³/mol. The number of benzene rings is 1. The number of ether oxygens (including phenoxy) is 1. The number of hydrogen-bond donors (Lipinski definition) is 1. The van der Waals surface area contributed by atoms with Gasteiger partial charge in [-0.2, -0.15) is 0 Å². The molecule has 0 spiro atoms. The minimum absolute atomic E-state index is 0.571. The normalized spacial score (nSPS) is 11.2. The molecule has 18 heavy (non-hydrogen) atoms. The third kappa shape index (κ3) is 5.06. The molecule has 1 aromatic rings. The molecule has 4 heteroatoms. The number of nitrogens with two attached hydrogens (primary N) is 1. The van der Waals surface area contributed by atoms with Gasteiger partial charge < -0.3 is 15.4 Å². The van der Waals surface area contributed by atoms with E-state index in [-0.39, 0.29) is 0 Å². The van der Waals surface area contributed by atoms with Gasteiger partial charge in [-0.25, -0.2) is 0 Å². The van der Waals surface area contributed by atoms with Crippen LogP contribution in [0.15, 0.2) is 22.7 Å². The van der Waals surface area contributed by atoms with Crippen molar-refractivity contribution >= 4 is 15.9 Å². The maximum atomic E-state index is 5.71. The molecule has 3 nitrogen and oxygen atoms in total. The van der Waals surface area contributed by atoms with Crippen LogP contribution in [-0.4, -0.2) is 31.1 Å². The summed E-state index contributed by atoms with van der Waals surface area (Å²) in [6, 6.07) is 6.18. The van der Waals surface area contributed by atoms with Crippen LogP contribution in [0.3, 0.4) is 0 Å². The van der Waals surface area contributed by atoms with Gasteiger partial charge in [0.1, 0.15) is 0 Å². The van der Waals surface area contributed by atoms with Gasteiger partial charge in [0, 0.05) is 17.6 Å². The molecule has 0 saturated carbocycles. The zero-order valence-electron chi connectivity index (χ0n) is 11.3. The van der Waals surface area contributed by atoms with Crippen molar-refractivity contribution in [3.8, 4) is 0 Å². The van der Waals surface area contributed by atoms with E-state index >= 15 is 0 Å². The van der Waals surface area contributed by atoms with Crippen molar-refractivity contribution in [2.45, 2.75) is 27.0 Å². The van der Waals surface area contributed by atoms with Crippen molar-refractivity contribution < 1.29 is 4.74 Å². The van der Waals surface area contributed by atoms with E-state index in [9.17, 15) is 0 Å². The number of nitrogens with zero attached hydrogens (tertiary/aromatic N) is 1. The SMILES string of the molecule is CCN(CC)CCOCc1ccc(CN)cc1Br. The molecule has 0 aliphatic heterocycles. The second-order valence-corrected chi connectivity index (χ2v) is 5.06. The Morgan fingerprint density at radius 3 is 2.56 bits per heavy atom. The van der Waals surface area contributed by atoms with E-state index in [4.69, 9.17) is 10.5 Å². The molecular formula is C14H23BrN2O. The van der Waals surface area contributed by atoms with E-state index in [1.165, 1.54) is 5.56 Å². The summed E-state index contributed by atoms with van der Waals surface area (Å²) in [4.78, 5) is 2.35. The van der Waals surface area contributed by atoms with Crippen molar-refractivity contribution in [1.82, 2.24) is 4.90 Å². The first-order valence-electron chi connectivity index (χ1n) is 6.48. The van der Waals surface area contributed by atoms with E-state index in [0.29, 0.717) is 13.2 Å². The zero-order chi connectivity index (χ0) is 13.4. The number of rotatable bonds is 8. The molecule has 0 aliphatic rings. The van der Waals surface area contributed by atoms with Gasteiger partial charge in [0.05, 0.1) is 13.2 Å². The first-order valence-corrected chi connectivity index (χ1v) is 7.28. The van der Waals surface area contributed by atoms with Crippen molar-refractivity contribution in [1.29, 1.82) is 0 Å². The van der Waals surface area contributed by atoms with Crippen molar-refractivity contribution in [2.24, 2.45) is 5.73 Å². The van der Waals surface area contributed by atoms with Gasteiger partial charge in [-0.05, 0) is 30.3 Å². The van der Waals surface area contributed by atoms with Crippen LogP contribution in [0.4, 0.5) is 0 Å². The molecule has 0 unspecified atom stereocenters. The minimum Gasteiger partial charge on any atom is -0.375 e. The lowest BCUT2D eigenvalue weighted by Crippen LogP contribution is -2.27. The van der Waals surface area contributed by atoms with E-state index < -0.39 is 0 Å². The van der Waals surface area contributed by atoms with E-state index in [1.807, 2.05) is 6.07 Å². The Morgan fingerprint density at radius 2 is 2.00 bits per heavy atom. The van der Waals surface area contributed by atoms with Crippen molar-refractivity contribution in [3.05, 3.63) is 33.8 Å². The van der Waals surface area contributed by atoms with Gasteiger partial charge >= 0.3 is 0 Å². The fourth-order valence-electron chi connectivity index (χ4n) is 1.75. The molecule has 0 aliphatic carbocycles. The molecule has 0 aromatic heterocycles. The third-order valence-corrected chi connectivity index (χ3v) is 3.80. The smallest absolute Gasteiger partial charge is 0.0728 e. The highest BCUT2D eigenvalue weighted by Gasteiger charge is 2.02. The highest BCUT2D eigenvalue weighted by molar-refractivity contribution is 9.10. The quantitative estimate of drug-likeness (QED) is 0.750. The molecule has 1 rings (SSSR count). The Bertz CT molecular complexity index is 354.